The van der Waals surface area contributed by atoms with Crippen molar-refractivity contribution in [2.45, 2.75) is 6.54 Å². The van der Waals surface area contributed by atoms with Crippen LogP contribution in [0.25, 0.3) is 15.5 Å². The maximum atomic E-state index is 13.3. The van der Waals surface area contributed by atoms with Gasteiger partial charge in [0.2, 0.25) is 4.96 Å². The molecule has 0 bridgehead atoms. The van der Waals surface area contributed by atoms with Crippen LogP contribution in [0, 0.1) is 5.82 Å². The first-order valence-corrected chi connectivity index (χ1v) is 11.8. The molecule has 4 aromatic rings. The summed E-state index contributed by atoms with van der Waals surface area (Å²) in [6.45, 7) is 2.80. The Hall–Kier alpha value is -3.34. The first-order chi connectivity index (χ1) is 16.4. The number of carbonyl (C=O) groups is 1. The SMILES string of the molecule is O=C(Nc1cccc(F)c1)N1CCN(Cc2cc(=O)n3nc(-c4ccc(Cl)cc4)sc3n2)CC1. The molecule has 0 spiro atoms. The molecule has 1 aliphatic heterocycles. The van der Waals surface area contributed by atoms with Gasteiger partial charge in [0, 0.05) is 55.1 Å². The van der Waals surface area contributed by atoms with E-state index >= 15 is 0 Å². The number of amides is 2. The molecule has 1 fully saturated rings. The minimum atomic E-state index is -0.399. The zero-order chi connectivity index (χ0) is 23.7. The standard InChI is InChI=1S/C23H20ClFN6O2S/c24-16-6-4-15(5-7-16)21-28-31-20(32)13-19(27-23(31)34-21)14-29-8-10-30(11-9-29)22(33)26-18-3-1-2-17(25)12-18/h1-7,12-13H,8-11,14H2,(H,26,33). The molecule has 174 valence electrons. The van der Waals surface area contributed by atoms with Crippen LogP contribution in [0.15, 0.2) is 59.4 Å². The summed E-state index contributed by atoms with van der Waals surface area (Å²) < 4.78 is 14.6. The Morgan fingerprint density at radius 1 is 1.09 bits per heavy atom. The van der Waals surface area contributed by atoms with E-state index in [1.165, 1.54) is 34.1 Å². The number of anilines is 1. The Labute approximate surface area is 203 Å². The van der Waals surface area contributed by atoms with Crippen LogP contribution >= 0.6 is 22.9 Å². The minimum Gasteiger partial charge on any atom is -0.322 e. The van der Waals surface area contributed by atoms with E-state index in [-0.39, 0.29) is 11.6 Å². The summed E-state index contributed by atoms with van der Waals surface area (Å²) in [5, 5.41) is 8.45. The van der Waals surface area contributed by atoms with Crippen LogP contribution in [-0.2, 0) is 6.54 Å². The molecule has 0 saturated carbocycles. The molecule has 0 atom stereocenters. The number of piperazine rings is 1. The predicted octanol–water partition coefficient (Wildman–Crippen LogP) is 3.96. The maximum absolute atomic E-state index is 13.3. The zero-order valence-electron chi connectivity index (χ0n) is 17.9. The zero-order valence-corrected chi connectivity index (χ0v) is 19.5. The normalized spacial score (nSPS) is 14.5. The van der Waals surface area contributed by atoms with Crippen molar-refractivity contribution in [1.82, 2.24) is 24.4 Å². The quantitative estimate of drug-likeness (QED) is 0.460. The molecular weight excluding hydrogens is 479 g/mol. The lowest BCUT2D eigenvalue weighted by Gasteiger charge is -2.34. The maximum Gasteiger partial charge on any atom is 0.321 e. The first kappa shape index (κ1) is 22.5. The fourth-order valence-corrected chi connectivity index (χ4v) is 4.81. The van der Waals surface area contributed by atoms with E-state index in [0.717, 1.165) is 5.56 Å². The number of fused-ring (bicyclic) bond motifs is 1. The van der Waals surface area contributed by atoms with Crippen molar-refractivity contribution in [3.8, 4) is 10.6 Å². The Balaban J connectivity index is 1.23. The summed E-state index contributed by atoms with van der Waals surface area (Å²) in [6, 6.07) is 14.3. The van der Waals surface area contributed by atoms with Crippen LogP contribution in [0.1, 0.15) is 5.69 Å². The smallest absolute Gasteiger partial charge is 0.321 e. The van der Waals surface area contributed by atoms with Crippen molar-refractivity contribution >= 4 is 39.6 Å². The highest BCUT2D eigenvalue weighted by molar-refractivity contribution is 7.19. The van der Waals surface area contributed by atoms with E-state index in [1.54, 1.807) is 29.2 Å². The van der Waals surface area contributed by atoms with Crippen LogP contribution in [-0.4, -0.2) is 56.6 Å². The van der Waals surface area contributed by atoms with Crippen LogP contribution in [0.4, 0.5) is 14.9 Å². The molecule has 3 heterocycles. The van der Waals surface area contributed by atoms with Crippen LogP contribution < -0.4 is 10.9 Å². The number of nitrogens with one attached hydrogen (secondary N) is 1. The third kappa shape index (κ3) is 4.93. The second kappa shape index (κ2) is 9.49. The average Bonchev–Trinajstić information content (AvgIpc) is 3.25. The van der Waals surface area contributed by atoms with Gasteiger partial charge in [-0.05, 0) is 30.3 Å². The van der Waals surface area contributed by atoms with E-state index in [1.807, 2.05) is 12.1 Å². The fraction of sp³-hybridized carbons (Fsp3) is 0.217. The van der Waals surface area contributed by atoms with Crippen LogP contribution in [0.5, 0.6) is 0 Å². The average molecular weight is 499 g/mol. The van der Waals surface area contributed by atoms with Gasteiger partial charge in [0.25, 0.3) is 5.56 Å². The third-order valence-corrected chi connectivity index (χ3v) is 6.72. The molecule has 8 nitrogen and oxygen atoms in total. The molecule has 1 N–H and O–H groups in total. The molecule has 11 heteroatoms. The topological polar surface area (TPSA) is 82.8 Å². The summed E-state index contributed by atoms with van der Waals surface area (Å²) >= 11 is 7.30. The van der Waals surface area contributed by atoms with Crippen molar-refractivity contribution in [3.63, 3.8) is 0 Å². The molecule has 0 aliphatic carbocycles. The second-order valence-electron chi connectivity index (χ2n) is 7.90. The molecular formula is C23H20ClFN6O2S. The monoisotopic (exact) mass is 498 g/mol. The lowest BCUT2D eigenvalue weighted by atomic mass is 10.2. The second-order valence-corrected chi connectivity index (χ2v) is 9.29. The Bertz CT molecular complexity index is 1400. The summed E-state index contributed by atoms with van der Waals surface area (Å²) in [7, 11) is 0. The van der Waals surface area contributed by atoms with Gasteiger partial charge in [-0.15, -0.1) is 0 Å². The van der Waals surface area contributed by atoms with Gasteiger partial charge in [0.05, 0.1) is 5.69 Å². The molecule has 1 aliphatic rings. The van der Waals surface area contributed by atoms with Crippen LogP contribution in [0.3, 0.4) is 0 Å². The Kier molecular flexibility index (Phi) is 6.27. The van der Waals surface area contributed by atoms with E-state index in [4.69, 9.17) is 11.6 Å². The lowest BCUT2D eigenvalue weighted by Crippen LogP contribution is -2.49. The molecule has 2 aromatic heterocycles. The number of aromatic nitrogens is 3. The van der Waals surface area contributed by atoms with Gasteiger partial charge in [-0.3, -0.25) is 9.69 Å². The van der Waals surface area contributed by atoms with Gasteiger partial charge < -0.3 is 10.2 Å². The highest BCUT2D eigenvalue weighted by atomic mass is 35.5. The molecule has 2 amide bonds. The van der Waals surface area contributed by atoms with Crippen molar-refractivity contribution in [2.75, 3.05) is 31.5 Å². The van der Waals surface area contributed by atoms with E-state index in [9.17, 15) is 14.0 Å². The summed E-state index contributed by atoms with van der Waals surface area (Å²) in [5.74, 6) is -0.399. The molecule has 0 unspecified atom stereocenters. The number of rotatable bonds is 4. The van der Waals surface area contributed by atoms with Gasteiger partial charge in [-0.2, -0.15) is 9.61 Å². The summed E-state index contributed by atoms with van der Waals surface area (Å²) in [6.07, 6.45) is 0. The van der Waals surface area contributed by atoms with Gasteiger partial charge in [-0.25, -0.2) is 14.2 Å². The Morgan fingerprint density at radius 3 is 2.59 bits per heavy atom. The number of urea groups is 1. The van der Waals surface area contributed by atoms with Crippen molar-refractivity contribution in [2.24, 2.45) is 0 Å². The van der Waals surface area contributed by atoms with Crippen LogP contribution in [0.2, 0.25) is 5.02 Å². The number of benzene rings is 2. The molecule has 34 heavy (non-hydrogen) atoms. The molecule has 5 rings (SSSR count). The van der Waals surface area contributed by atoms with E-state index in [0.29, 0.717) is 59.1 Å². The van der Waals surface area contributed by atoms with E-state index < -0.39 is 5.82 Å². The number of hydrogen-bond acceptors (Lipinski definition) is 6. The number of carbonyl (C=O) groups excluding carboxylic acids is 1. The van der Waals surface area contributed by atoms with Crippen molar-refractivity contribution in [3.05, 3.63) is 81.5 Å². The molecule has 2 aromatic carbocycles. The van der Waals surface area contributed by atoms with Crippen molar-refractivity contribution in [1.29, 1.82) is 0 Å². The highest BCUT2D eigenvalue weighted by Gasteiger charge is 2.22. The number of nitrogens with zero attached hydrogens (tertiary/aromatic N) is 5. The highest BCUT2D eigenvalue weighted by Crippen LogP contribution is 2.25. The van der Waals surface area contributed by atoms with E-state index in [2.05, 4.69) is 20.3 Å². The summed E-state index contributed by atoms with van der Waals surface area (Å²) in [5.41, 5.74) is 1.72. The first-order valence-electron chi connectivity index (χ1n) is 10.6. The largest absolute Gasteiger partial charge is 0.322 e. The van der Waals surface area contributed by atoms with Gasteiger partial charge in [-0.1, -0.05) is 41.1 Å². The Morgan fingerprint density at radius 2 is 1.85 bits per heavy atom. The van der Waals surface area contributed by atoms with Crippen molar-refractivity contribution < 1.29 is 9.18 Å². The lowest BCUT2D eigenvalue weighted by molar-refractivity contribution is 0.142. The summed E-state index contributed by atoms with van der Waals surface area (Å²) in [4.78, 5) is 34.1. The number of hydrogen-bond donors (Lipinski definition) is 1. The van der Waals surface area contributed by atoms with Gasteiger partial charge in [0.1, 0.15) is 10.8 Å². The number of halogens is 2. The van der Waals surface area contributed by atoms with Gasteiger partial charge >= 0.3 is 6.03 Å². The predicted molar refractivity (Wildman–Crippen MR) is 130 cm³/mol. The minimum absolute atomic E-state index is 0.232. The fourth-order valence-electron chi connectivity index (χ4n) is 3.75. The molecule has 0 radical (unpaired) electrons. The van der Waals surface area contributed by atoms with Gasteiger partial charge in [0.15, 0.2) is 0 Å². The molecule has 1 saturated heterocycles. The third-order valence-electron chi connectivity index (χ3n) is 5.51.